The molecule has 1 aliphatic carbocycles. The average Bonchev–Trinajstić information content (AvgIpc) is 3.09. The lowest BCUT2D eigenvalue weighted by Gasteiger charge is -2.22. The van der Waals surface area contributed by atoms with Crippen molar-refractivity contribution in [2.24, 2.45) is 0 Å². The molecule has 1 heterocycles. The Bertz CT molecular complexity index is 716. The van der Waals surface area contributed by atoms with Gasteiger partial charge in [-0.2, -0.15) is 0 Å². The summed E-state index contributed by atoms with van der Waals surface area (Å²) >= 11 is 18.9. The number of hydrogen-bond acceptors (Lipinski definition) is 4. The molecule has 1 aliphatic rings. The number of hydrogen-bond donors (Lipinski definition) is 0. The largest absolute Gasteiger partial charge is 0.490 e. The van der Waals surface area contributed by atoms with Gasteiger partial charge in [-0.1, -0.05) is 23.2 Å². The van der Waals surface area contributed by atoms with Crippen LogP contribution in [0.25, 0.3) is 0 Å². The molecule has 0 radical (unpaired) electrons. The molecule has 0 bridgehead atoms. The van der Waals surface area contributed by atoms with Gasteiger partial charge in [-0.15, -0.1) is 0 Å². The van der Waals surface area contributed by atoms with E-state index in [0.717, 1.165) is 12.8 Å². The van der Waals surface area contributed by atoms with Gasteiger partial charge in [0.05, 0.1) is 34.1 Å². The lowest BCUT2D eigenvalue weighted by molar-refractivity contribution is 0.197. The van der Waals surface area contributed by atoms with Crippen LogP contribution in [0.4, 0.5) is 11.4 Å². The molecule has 0 unspecified atom stereocenters. The molecule has 0 N–H and O–H groups in total. The zero-order valence-electron chi connectivity index (χ0n) is 13.8. The number of anilines is 2. The second-order valence-corrected chi connectivity index (χ2v) is 6.97. The molecular weight excluding hydrogens is 383 g/mol. The molecule has 0 aliphatic heterocycles. The Morgan fingerprint density at radius 3 is 2.44 bits per heavy atom. The first-order valence-corrected chi connectivity index (χ1v) is 9.38. The van der Waals surface area contributed by atoms with E-state index in [4.69, 9.17) is 44.5 Å². The summed E-state index contributed by atoms with van der Waals surface area (Å²) in [7, 11) is 0. The SMILES string of the molecule is CCOc1ccc(N(Cl)c2c(Cl)cncc2Cl)cc1OC1CCCC1. The third kappa shape index (κ3) is 4.25. The summed E-state index contributed by atoms with van der Waals surface area (Å²) in [5, 5.41) is 0.740. The van der Waals surface area contributed by atoms with Gasteiger partial charge in [-0.05, 0) is 44.7 Å². The highest BCUT2D eigenvalue weighted by molar-refractivity contribution is 6.42. The lowest BCUT2D eigenvalue weighted by Crippen LogP contribution is -2.12. The van der Waals surface area contributed by atoms with Crippen molar-refractivity contribution in [2.45, 2.75) is 38.7 Å². The standard InChI is InChI=1S/C18H19Cl3N2O2/c1-2-24-16-8-7-12(9-17(16)25-13-5-3-4-6-13)23(21)18-14(19)10-22-11-15(18)20/h7-11,13H,2-6H2,1H3. The quantitative estimate of drug-likeness (QED) is 0.524. The molecule has 1 aromatic heterocycles. The predicted molar refractivity (Wildman–Crippen MR) is 103 cm³/mol. The van der Waals surface area contributed by atoms with Crippen molar-refractivity contribution >= 4 is 46.4 Å². The van der Waals surface area contributed by atoms with Crippen LogP contribution in [0.5, 0.6) is 11.5 Å². The minimum absolute atomic E-state index is 0.214. The Hall–Kier alpha value is -1.36. The summed E-state index contributed by atoms with van der Waals surface area (Å²) in [4.78, 5) is 3.95. The second-order valence-electron chi connectivity index (χ2n) is 5.82. The van der Waals surface area contributed by atoms with Crippen LogP contribution in [0.1, 0.15) is 32.6 Å². The van der Waals surface area contributed by atoms with E-state index in [-0.39, 0.29) is 6.10 Å². The highest BCUT2D eigenvalue weighted by atomic mass is 35.5. The normalized spacial score (nSPS) is 14.6. The maximum Gasteiger partial charge on any atom is 0.163 e. The number of rotatable bonds is 6. The summed E-state index contributed by atoms with van der Waals surface area (Å²) in [5.41, 5.74) is 1.17. The molecule has 0 amide bonds. The summed E-state index contributed by atoms with van der Waals surface area (Å²) < 4.78 is 13.3. The Balaban J connectivity index is 1.93. The van der Waals surface area contributed by atoms with Gasteiger partial charge in [-0.3, -0.25) is 9.40 Å². The molecule has 0 spiro atoms. The molecule has 1 saturated carbocycles. The van der Waals surface area contributed by atoms with E-state index >= 15 is 0 Å². The first-order valence-electron chi connectivity index (χ1n) is 8.28. The Kier molecular flexibility index (Phi) is 6.15. The van der Waals surface area contributed by atoms with E-state index in [9.17, 15) is 0 Å². The van der Waals surface area contributed by atoms with Crippen molar-refractivity contribution in [3.63, 3.8) is 0 Å². The minimum atomic E-state index is 0.214. The average molecular weight is 402 g/mol. The van der Waals surface area contributed by atoms with Crippen LogP contribution in [0.3, 0.4) is 0 Å². The molecule has 134 valence electrons. The van der Waals surface area contributed by atoms with Gasteiger partial charge in [-0.25, -0.2) is 0 Å². The number of nitrogens with zero attached hydrogens (tertiary/aromatic N) is 2. The zero-order valence-corrected chi connectivity index (χ0v) is 16.1. The molecule has 25 heavy (non-hydrogen) atoms. The van der Waals surface area contributed by atoms with Crippen molar-refractivity contribution in [3.8, 4) is 11.5 Å². The molecule has 0 atom stereocenters. The van der Waals surface area contributed by atoms with Gasteiger partial charge in [0.1, 0.15) is 0 Å². The van der Waals surface area contributed by atoms with Gasteiger partial charge in [0, 0.05) is 30.2 Å². The third-order valence-corrected chi connectivity index (χ3v) is 4.99. The number of pyridine rings is 1. The number of halogens is 3. The first-order chi connectivity index (χ1) is 12.1. The predicted octanol–water partition coefficient (Wildman–Crippen LogP) is 6.40. The molecule has 1 fully saturated rings. The maximum atomic E-state index is 6.50. The van der Waals surface area contributed by atoms with E-state index in [2.05, 4.69) is 4.98 Å². The van der Waals surface area contributed by atoms with Gasteiger partial charge < -0.3 is 9.47 Å². The summed E-state index contributed by atoms with van der Waals surface area (Å²) in [5.74, 6) is 1.38. The van der Waals surface area contributed by atoms with Crippen LogP contribution in [0, 0.1) is 0 Å². The van der Waals surface area contributed by atoms with E-state index in [0.29, 0.717) is 39.5 Å². The number of ether oxygens (including phenoxy) is 2. The first kappa shape index (κ1) is 18.4. The van der Waals surface area contributed by atoms with Crippen LogP contribution < -0.4 is 13.9 Å². The van der Waals surface area contributed by atoms with Crippen LogP contribution >= 0.6 is 35.0 Å². The minimum Gasteiger partial charge on any atom is -0.490 e. The highest BCUT2D eigenvalue weighted by Crippen LogP contribution is 2.42. The third-order valence-electron chi connectivity index (χ3n) is 4.07. The molecule has 7 heteroatoms. The molecule has 1 aromatic carbocycles. The fourth-order valence-corrected chi connectivity index (χ4v) is 3.80. The number of benzene rings is 1. The van der Waals surface area contributed by atoms with Crippen molar-refractivity contribution in [3.05, 3.63) is 40.6 Å². The molecule has 3 rings (SSSR count). The van der Waals surface area contributed by atoms with Crippen molar-refractivity contribution in [2.75, 3.05) is 11.0 Å². The summed E-state index contributed by atoms with van der Waals surface area (Å²) in [6.45, 7) is 2.50. The molecule has 4 nitrogen and oxygen atoms in total. The van der Waals surface area contributed by atoms with Crippen molar-refractivity contribution in [1.29, 1.82) is 0 Å². The van der Waals surface area contributed by atoms with E-state index < -0.39 is 0 Å². The van der Waals surface area contributed by atoms with Gasteiger partial charge in [0.15, 0.2) is 11.5 Å². The Labute approximate surface area is 162 Å². The van der Waals surface area contributed by atoms with E-state index in [1.807, 2.05) is 25.1 Å². The summed E-state index contributed by atoms with van der Waals surface area (Å²) in [6.07, 6.45) is 7.72. The highest BCUT2D eigenvalue weighted by Gasteiger charge is 2.21. The number of aromatic nitrogens is 1. The van der Waals surface area contributed by atoms with Gasteiger partial charge >= 0.3 is 0 Å². The maximum absolute atomic E-state index is 6.50. The van der Waals surface area contributed by atoms with E-state index in [1.165, 1.54) is 29.7 Å². The van der Waals surface area contributed by atoms with Crippen molar-refractivity contribution < 1.29 is 9.47 Å². The van der Waals surface area contributed by atoms with Crippen molar-refractivity contribution in [1.82, 2.24) is 4.98 Å². The summed E-state index contributed by atoms with van der Waals surface area (Å²) in [6, 6.07) is 5.54. The Morgan fingerprint density at radius 2 is 1.80 bits per heavy atom. The van der Waals surface area contributed by atoms with Gasteiger partial charge in [0.25, 0.3) is 0 Å². The molecular formula is C18H19Cl3N2O2. The molecule has 0 saturated heterocycles. The zero-order chi connectivity index (χ0) is 17.8. The second kappa shape index (κ2) is 8.35. The van der Waals surface area contributed by atoms with Crippen LogP contribution in [0.15, 0.2) is 30.6 Å². The van der Waals surface area contributed by atoms with Gasteiger partial charge in [0.2, 0.25) is 0 Å². The van der Waals surface area contributed by atoms with Crippen LogP contribution in [-0.2, 0) is 0 Å². The van der Waals surface area contributed by atoms with E-state index in [1.54, 1.807) is 0 Å². The molecule has 2 aromatic rings. The lowest BCUT2D eigenvalue weighted by atomic mass is 10.2. The monoisotopic (exact) mass is 400 g/mol. The van der Waals surface area contributed by atoms with Crippen LogP contribution in [-0.4, -0.2) is 17.7 Å². The van der Waals surface area contributed by atoms with Crippen LogP contribution in [0.2, 0.25) is 10.0 Å². The smallest absolute Gasteiger partial charge is 0.163 e. The topological polar surface area (TPSA) is 34.6 Å². The fourth-order valence-electron chi connectivity index (χ4n) is 2.89. The Morgan fingerprint density at radius 1 is 1.12 bits per heavy atom. The fraction of sp³-hybridized carbons (Fsp3) is 0.389.